The van der Waals surface area contributed by atoms with Crippen LogP contribution >= 0.6 is 11.3 Å². The number of rotatable bonds is 7. The van der Waals surface area contributed by atoms with Crippen molar-refractivity contribution in [3.8, 4) is 0 Å². The molecule has 1 aromatic carbocycles. The fraction of sp³-hybridized carbons (Fsp3) is 0.250. The SMILES string of the molecule is CCOC(=O)Cc1csc(NC(=O)c2ccc(=O)n(Cc3ccc(C)cc3)n2)n1. The van der Waals surface area contributed by atoms with Gasteiger partial charge in [0.05, 0.1) is 25.3 Å². The van der Waals surface area contributed by atoms with E-state index in [-0.39, 0.29) is 30.2 Å². The number of aromatic nitrogens is 3. The van der Waals surface area contributed by atoms with Crippen molar-refractivity contribution < 1.29 is 14.3 Å². The monoisotopic (exact) mass is 412 g/mol. The minimum atomic E-state index is -0.486. The predicted octanol–water partition coefficient (Wildman–Crippen LogP) is 2.41. The lowest BCUT2D eigenvalue weighted by Crippen LogP contribution is -2.26. The fourth-order valence-corrected chi connectivity index (χ4v) is 3.22. The Morgan fingerprint density at radius 3 is 2.66 bits per heavy atom. The molecule has 0 aliphatic rings. The van der Waals surface area contributed by atoms with E-state index in [1.54, 1.807) is 12.3 Å². The molecule has 3 aromatic rings. The molecular formula is C20H20N4O4S. The highest BCUT2D eigenvalue weighted by Gasteiger charge is 2.14. The Bertz CT molecular complexity index is 1070. The second-order valence-corrected chi connectivity index (χ2v) is 7.14. The van der Waals surface area contributed by atoms with Crippen molar-refractivity contribution >= 4 is 28.3 Å². The maximum atomic E-state index is 12.5. The molecule has 150 valence electrons. The van der Waals surface area contributed by atoms with E-state index in [0.29, 0.717) is 17.4 Å². The van der Waals surface area contributed by atoms with Gasteiger partial charge in [0.2, 0.25) is 0 Å². The molecule has 1 N–H and O–H groups in total. The molecule has 0 atom stereocenters. The molecule has 0 aliphatic carbocycles. The average molecular weight is 412 g/mol. The largest absolute Gasteiger partial charge is 0.466 e. The van der Waals surface area contributed by atoms with Crippen LogP contribution in [-0.2, 0) is 22.5 Å². The normalized spacial score (nSPS) is 10.6. The number of amides is 1. The minimum Gasteiger partial charge on any atom is -0.466 e. The number of hydrogen-bond donors (Lipinski definition) is 1. The Labute approximate surface area is 171 Å². The zero-order valence-corrected chi connectivity index (χ0v) is 16.9. The van der Waals surface area contributed by atoms with Gasteiger partial charge in [-0.05, 0) is 25.5 Å². The molecule has 0 bridgehead atoms. The van der Waals surface area contributed by atoms with Crippen LogP contribution in [-0.4, -0.2) is 33.2 Å². The Morgan fingerprint density at radius 1 is 1.17 bits per heavy atom. The van der Waals surface area contributed by atoms with Crippen LogP contribution in [0.25, 0.3) is 0 Å². The first-order valence-corrected chi connectivity index (χ1v) is 9.87. The molecule has 8 nitrogen and oxygen atoms in total. The van der Waals surface area contributed by atoms with Gasteiger partial charge < -0.3 is 4.74 Å². The van der Waals surface area contributed by atoms with Crippen molar-refractivity contribution in [1.29, 1.82) is 0 Å². The summed E-state index contributed by atoms with van der Waals surface area (Å²) < 4.78 is 6.12. The molecular weight excluding hydrogens is 392 g/mol. The van der Waals surface area contributed by atoms with Crippen LogP contribution in [0.5, 0.6) is 0 Å². The van der Waals surface area contributed by atoms with Gasteiger partial charge in [-0.15, -0.1) is 11.3 Å². The molecule has 0 saturated heterocycles. The summed E-state index contributed by atoms with van der Waals surface area (Å²) in [4.78, 5) is 40.3. The van der Waals surface area contributed by atoms with Crippen LogP contribution in [0.15, 0.2) is 46.6 Å². The van der Waals surface area contributed by atoms with Gasteiger partial charge in [-0.1, -0.05) is 29.8 Å². The summed E-state index contributed by atoms with van der Waals surface area (Å²) in [6, 6.07) is 10.4. The maximum absolute atomic E-state index is 12.5. The zero-order valence-electron chi connectivity index (χ0n) is 16.0. The molecule has 0 unspecified atom stereocenters. The van der Waals surface area contributed by atoms with Crippen molar-refractivity contribution in [2.45, 2.75) is 26.8 Å². The van der Waals surface area contributed by atoms with E-state index in [2.05, 4.69) is 15.4 Å². The molecule has 3 rings (SSSR count). The second kappa shape index (κ2) is 9.24. The second-order valence-electron chi connectivity index (χ2n) is 6.28. The lowest BCUT2D eigenvalue weighted by Gasteiger charge is -2.07. The fourth-order valence-electron chi connectivity index (χ4n) is 2.52. The summed E-state index contributed by atoms with van der Waals surface area (Å²) in [5.74, 6) is -0.861. The highest BCUT2D eigenvalue weighted by atomic mass is 32.1. The molecule has 2 heterocycles. The summed E-state index contributed by atoms with van der Waals surface area (Å²) in [6.45, 7) is 4.28. The topological polar surface area (TPSA) is 103 Å². The first-order valence-electron chi connectivity index (χ1n) is 8.99. The summed E-state index contributed by atoms with van der Waals surface area (Å²) in [6.07, 6.45) is 0.0416. The van der Waals surface area contributed by atoms with Gasteiger partial charge in [-0.3, -0.25) is 19.7 Å². The lowest BCUT2D eigenvalue weighted by atomic mass is 10.1. The Hall–Kier alpha value is -3.33. The molecule has 1 amide bonds. The standard InChI is InChI=1S/C20H20N4O4S/c1-3-28-18(26)10-15-12-29-20(21-15)22-19(27)16-8-9-17(25)24(23-16)11-14-6-4-13(2)5-7-14/h4-9,12H,3,10-11H2,1-2H3,(H,21,22,27). The summed E-state index contributed by atoms with van der Waals surface area (Å²) in [5, 5.41) is 8.82. The van der Waals surface area contributed by atoms with Crippen molar-refractivity contribution in [2.24, 2.45) is 0 Å². The smallest absolute Gasteiger partial charge is 0.311 e. The molecule has 0 fully saturated rings. The van der Waals surface area contributed by atoms with Crippen molar-refractivity contribution in [2.75, 3.05) is 11.9 Å². The number of nitrogens with zero attached hydrogens (tertiary/aromatic N) is 3. The molecule has 29 heavy (non-hydrogen) atoms. The number of nitrogens with one attached hydrogen (secondary N) is 1. The van der Waals surface area contributed by atoms with Gasteiger partial charge in [0.1, 0.15) is 5.69 Å². The number of aryl methyl sites for hydroxylation is 1. The van der Waals surface area contributed by atoms with E-state index in [0.717, 1.165) is 11.1 Å². The highest BCUT2D eigenvalue weighted by Crippen LogP contribution is 2.17. The van der Waals surface area contributed by atoms with Crippen LogP contribution in [0.2, 0.25) is 0 Å². The van der Waals surface area contributed by atoms with Gasteiger partial charge >= 0.3 is 5.97 Å². The number of hydrogen-bond acceptors (Lipinski definition) is 7. The van der Waals surface area contributed by atoms with Crippen LogP contribution in [0.3, 0.4) is 0 Å². The number of benzene rings is 1. The third kappa shape index (κ3) is 5.58. The maximum Gasteiger partial charge on any atom is 0.311 e. The molecule has 0 radical (unpaired) electrons. The third-order valence-electron chi connectivity index (χ3n) is 3.96. The number of anilines is 1. The zero-order chi connectivity index (χ0) is 20.8. The number of thiazole rings is 1. The van der Waals surface area contributed by atoms with Gasteiger partial charge in [-0.2, -0.15) is 5.10 Å². The van der Waals surface area contributed by atoms with Crippen molar-refractivity contribution in [1.82, 2.24) is 14.8 Å². The van der Waals surface area contributed by atoms with Gasteiger partial charge in [0, 0.05) is 11.4 Å². The average Bonchev–Trinajstić information content (AvgIpc) is 3.12. The quantitative estimate of drug-likeness (QED) is 0.598. The summed E-state index contributed by atoms with van der Waals surface area (Å²) >= 11 is 1.20. The Morgan fingerprint density at radius 2 is 1.93 bits per heavy atom. The first-order chi connectivity index (χ1) is 13.9. The number of carbonyl (C=O) groups is 2. The van der Waals surface area contributed by atoms with E-state index >= 15 is 0 Å². The van der Waals surface area contributed by atoms with Crippen LogP contribution in [0, 0.1) is 6.92 Å². The van der Waals surface area contributed by atoms with E-state index in [9.17, 15) is 14.4 Å². The number of ether oxygens (including phenoxy) is 1. The summed E-state index contributed by atoms with van der Waals surface area (Å²) in [7, 11) is 0. The lowest BCUT2D eigenvalue weighted by molar-refractivity contribution is -0.142. The Kier molecular flexibility index (Phi) is 6.50. The molecule has 0 spiro atoms. The molecule has 2 aromatic heterocycles. The van der Waals surface area contributed by atoms with E-state index in [1.165, 1.54) is 28.2 Å². The molecule has 0 saturated carbocycles. The van der Waals surface area contributed by atoms with Crippen molar-refractivity contribution in [3.63, 3.8) is 0 Å². The van der Waals surface area contributed by atoms with E-state index < -0.39 is 5.91 Å². The minimum absolute atomic E-state index is 0.0416. The predicted molar refractivity (Wildman–Crippen MR) is 109 cm³/mol. The van der Waals surface area contributed by atoms with Gasteiger partial charge in [-0.25, -0.2) is 9.67 Å². The van der Waals surface area contributed by atoms with Gasteiger partial charge in [0.25, 0.3) is 11.5 Å². The molecule has 0 aliphatic heterocycles. The number of esters is 1. The third-order valence-corrected chi connectivity index (χ3v) is 4.76. The first kappa shape index (κ1) is 20.4. The van der Waals surface area contributed by atoms with E-state index in [1.807, 2.05) is 31.2 Å². The summed E-state index contributed by atoms with van der Waals surface area (Å²) in [5.41, 5.74) is 2.34. The number of carbonyl (C=O) groups excluding carboxylic acids is 2. The van der Waals surface area contributed by atoms with Gasteiger partial charge in [0.15, 0.2) is 5.13 Å². The molecule has 9 heteroatoms. The Balaban J connectivity index is 1.69. The van der Waals surface area contributed by atoms with E-state index in [4.69, 9.17) is 4.74 Å². The van der Waals surface area contributed by atoms with Crippen molar-refractivity contribution in [3.05, 3.63) is 74.6 Å². The van der Waals surface area contributed by atoms with Crippen LogP contribution in [0.1, 0.15) is 34.2 Å². The van der Waals surface area contributed by atoms with Crippen LogP contribution < -0.4 is 10.9 Å². The highest BCUT2D eigenvalue weighted by molar-refractivity contribution is 7.14. The van der Waals surface area contributed by atoms with Crippen LogP contribution in [0.4, 0.5) is 5.13 Å².